The van der Waals surface area contributed by atoms with E-state index in [4.69, 9.17) is 4.74 Å². The smallest absolute Gasteiger partial charge is 0.389 e. The Morgan fingerprint density at radius 1 is 1.00 bits per heavy atom. The number of carbonyl (C=O) groups excluding carboxylic acids is 2. The summed E-state index contributed by atoms with van der Waals surface area (Å²) < 4.78 is 40.5. The van der Waals surface area contributed by atoms with Crippen molar-refractivity contribution in [1.29, 1.82) is 0 Å². The summed E-state index contributed by atoms with van der Waals surface area (Å²) in [6.07, 6.45) is -5.66. The molecule has 0 rings (SSSR count). The van der Waals surface area contributed by atoms with Crippen molar-refractivity contribution >= 4 is 11.8 Å². The second kappa shape index (κ2) is 6.75. The minimum Gasteiger partial charge on any atom is -0.460 e. The normalized spacial score (nSPS) is 12.3. The molecule has 18 heavy (non-hydrogen) atoms. The van der Waals surface area contributed by atoms with E-state index in [2.05, 4.69) is 0 Å². The van der Waals surface area contributed by atoms with E-state index in [1.54, 1.807) is 20.8 Å². The van der Waals surface area contributed by atoms with Crippen molar-refractivity contribution in [3.05, 3.63) is 0 Å². The summed E-state index contributed by atoms with van der Waals surface area (Å²) in [5.41, 5.74) is -0.586. The van der Waals surface area contributed by atoms with Gasteiger partial charge in [0.2, 0.25) is 0 Å². The highest BCUT2D eigenvalue weighted by molar-refractivity contribution is 5.79. The Balaban J connectivity index is 3.72. The molecule has 0 aliphatic carbocycles. The van der Waals surface area contributed by atoms with Crippen molar-refractivity contribution in [2.24, 2.45) is 0 Å². The van der Waals surface area contributed by atoms with E-state index < -0.39 is 36.4 Å². The molecule has 0 aromatic rings. The van der Waals surface area contributed by atoms with Crippen LogP contribution in [-0.4, -0.2) is 23.5 Å². The number of hydrogen-bond acceptors (Lipinski definition) is 3. The number of hydrogen-bond donors (Lipinski definition) is 0. The second-order valence-corrected chi connectivity index (χ2v) is 5.09. The van der Waals surface area contributed by atoms with Gasteiger partial charge in [-0.15, -0.1) is 0 Å². The Morgan fingerprint density at radius 2 is 1.56 bits per heavy atom. The summed E-state index contributed by atoms with van der Waals surface area (Å²) in [6, 6.07) is 0. The van der Waals surface area contributed by atoms with Crippen LogP contribution in [0.25, 0.3) is 0 Å². The minimum absolute atomic E-state index is 0.0185. The number of alkyl halides is 3. The number of rotatable bonds is 6. The first-order chi connectivity index (χ1) is 7.99. The standard InChI is InChI=1S/C12H19F3O3/c1-11(2,3)18-10(17)6-4-5-9(16)7-8-12(13,14)15/h4-8H2,1-3H3. The number of ether oxygens (including phenoxy) is 1. The summed E-state index contributed by atoms with van der Waals surface area (Å²) in [5, 5.41) is 0. The molecule has 0 saturated heterocycles. The molecule has 0 amide bonds. The van der Waals surface area contributed by atoms with E-state index in [1.807, 2.05) is 0 Å². The van der Waals surface area contributed by atoms with Crippen LogP contribution in [0.4, 0.5) is 13.2 Å². The van der Waals surface area contributed by atoms with Crippen LogP contribution >= 0.6 is 0 Å². The van der Waals surface area contributed by atoms with Gasteiger partial charge in [-0.3, -0.25) is 9.59 Å². The zero-order valence-corrected chi connectivity index (χ0v) is 10.9. The predicted molar refractivity (Wildman–Crippen MR) is 60.0 cm³/mol. The molecule has 0 bridgehead atoms. The lowest BCUT2D eigenvalue weighted by atomic mass is 10.1. The fraction of sp³-hybridized carbons (Fsp3) is 0.833. The second-order valence-electron chi connectivity index (χ2n) is 5.09. The van der Waals surface area contributed by atoms with Crippen LogP contribution in [0.2, 0.25) is 0 Å². The first kappa shape index (κ1) is 16.9. The van der Waals surface area contributed by atoms with Crippen molar-refractivity contribution in [1.82, 2.24) is 0 Å². The molecule has 0 aliphatic heterocycles. The molecule has 0 aromatic carbocycles. The molecule has 0 unspecified atom stereocenters. The van der Waals surface area contributed by atoms with Crippen LogP contribution in [0, 0.1) is 0 Å². The minimum atomic E-state index is -4.30. The quantitative estimate of drug-likeness (QED) is 0.693. The third kappa shape index (κ3) is 11.4. The van der Waals surface area contributed by atoms with E-state index in [-0.39, 0.29) is 19.3 Å². The Morgan fingerprint density at radius 3 is 2.00 bits per heavy atom. The molecule has 3 nitrogen and oxygen atoms in total. The molecular formula is C12H19F3O3. The maximum absolute atomic E-state index is 11.8. The zero-order valence-electron chi connectivity index (χ0n) is 10.9. The fourth-order valence-electron chi connectivity index (χ4n) is 1.23. The Bertz CT molecular complexity index is 290. The Hall–Kier alpha value is -1.07. The lowest BCUT2D eigenvalue weighted by molar-refractivity contribution is -0.155. The molecule has 0 aromatic heterocycles. The van der Waals surface area contributed by atoms with Gasteiger partial charge in [-0.2, -0.15) is 13.2 Å². The van der Waals surface area contributed by atoms with Crippen LogP contribution < -0.4 is 0 Å². The lowest BCUT2D eigenvalue weighted by Crippen LogP contribution is -2.23. The zero-order chi connectivity index (χ0) is 14.4. The maximum Gasteiger partial charge on any atom is 0.389 e. The molecule has 6 heteroatoms. The first-order valence-electron chi connectivity index (χ1n) is 5.80. The van der Waals surface area contributed by atoms with Crippen molar-refractivity contribution in [3.8, 4) is 0 Å². The molecular weight excluding hydrogens is 249 g/mol. The van der Waals surface area contributed by atoms with Gasteiger partial charge >= 0.3 is 12.1 Å². The van der Waals surface area contributed by atoms with Crippen molar-refractivity contribution < 1.29 is 27.5 Å². The van der Waals surface area contributed by atoms with E-state index in [1.165, 1.54) is 0 Å². The topological polar surface area (TPSA) is 43.4 Å². The molecule has 0 aliphatic rings. The molecule has 0 spiro atoms. The van der Waals surface area contributed by atoms with Gasteiger partial charge in [-0.25, -0.2) is 0 Å². The summed E-state index contributed by atoms with van der Waals surface area (Å²) in [6.45, 7) is 5.16. The summed E-state index contributed by atoms with van der Waals surface area (Å²) in [7, 11) is 0. The lowest BCUT2D eigenvalue weighted by Gasteiger charge is -2.19. The Labute approximate surface area is 105 Å². The van der Waals surface area contributed by atoms with Gasteiger partial charge in [0, 0.05) is 19.3 Å². The highest BCUT2D eigenvalue weighted by Gasteiger charge is 2.27. The Kier molecular flexibility index (Phi) is 6.35. The molecule has 0 fully saturated rings. The molecule has 0 N–H and O–H groups in total. The number of ketones is 1. The molecule has 0 heterocycles. The van der Waals surface area contributed by atoms with Gasteiger partial charge in [-0.1, -0.05) is 0 Å². The first-order valence-corrected chi connectivity index (χ1v) is 5.80. The van der Waals surface area contributed by atoms with Gasteiger partial charge in [-0.05, 0) is 27.2 Å². The summed E-state index contributed by atoms with van der Waals surface area (Å²) >= 11 is 0. The van der Waals surface area contributed by atoms with E-state index in [0.717, 1.165) is 0 Å². The molecule has 106 valence electrons. The monoisotopic (exact) mass is 268 g/mol. The average Bonchev–Trinajstić information content (AvgIpc) is 2.10. The van der Waals surface area contributed by atoms with Gasteiger partial charge in [0.1, 0.15) is 11.4 Å². The third-order valence-corrected chi connectivity index (χ3v) is 1.94. The van der Waals surface area contributed by atoms with Crippen LogP contribution in [0.5, 0.6) is 0 Å². The van der Waals surface area contributed by atoms with Gasteiger partial charge < -0.3 is 4.74 Å². The van der Waals surface area contributed by atoms with Crippen molar-refractivity contribution in [2.75, 3.05) is 0 Å². The number of esters is 1. The van der Waals surface area contributed by atoms with Crippen molar-refractivity contribution in [2.45, 2.75) is 64.7 Å². The third-order valence-electron chi connectivity index (χ3n) is 1.94. The largest absolute Gasteiger partial charge is 0.460 e. The van der Waals surface area contributed by atoms with Crippen molar-refractivity contribution in [3.63, 3.8) is 0 Å². The highest BCUT2D eigenvalue weighted by Crippen LogP contribution is 2.22. The molecule has 0 saturated carbocycles. The van der Waals surface area contributed by atoms with Crippen LogP contribution in [0.3, 0.4) is 0 Å². The highest BCUT2D eigenvalue weighted by atomic mass is 19.4. The molecule has 0 atom stereocenters. The van der Waals surface area contributed by atoms with E-state index in [9.17, 15) is 22.8 Å². The number of carbonyl (C=O) groups is 2. The average molecular weight is 268 g/mol. The fourth-order valence-corrected chi connectivity index (χ4v) is 1.23. The van der Waals surface area contributed by atoms with Crippen LogP contribution in [0.1, 0.15) is 52.9 Å². The number of Topliss-reactive ketones (excluding diaryl/α,β-unsaturated/α-hetero) is 1. The summed E-state index contributed by atoms with van der Waals surface area (Å²) in [5.74, 6) is -0.915. The number of halogens is 3. The van der Waals surface area contributed by atoms with Crippen LogP contribution in [0.15, 0.2) is 0 Å². The van der Waals surface area contributed by atoms with Gasteiger partial charge in [0.15, 0.2) is 0 Å². The predicted octanol–water partition coefficient (Wildman–Crippen LogP) is 3.41. The van der Waals surface area contributed by atoms with E-state index in [0.29, 0.717) is 0 Å². The molecule has 0 radical (unpaired) electrons. The SMILES string of the molecule is CC(C)(C)OC(=O)CCCC(=O)CCC(F)(F)F. The van der Waals surface area contributed by atoms with E-state index >= 15 is 0 Å². The van der Waals surface area contributed by atoms with Gasteiger partial charge in [0.05, 0.1) is 6.42 Å². The summed E-state index contributed by atoms with van der Waals surface area (Å²) in [4.78, 5) is 22.3. The van der Waals surface area contributed by atoms with Gasteiger partial charge in [0.25, 0.3) is 0 Å². The maximum atomic E-state index is 11.8. The van der Waals surface area contributed by atoms with Crippen LogP contribution in [-0.2, 0) is 14.3 Å².